The normalized spacial score (nSPS) is 16.1. The molecule has 7 nitrogen and oxygen atoms in total. The summed E-state index contributed by atoms with van der Waals surface area (Å²) in [5.41, 5.74) is 1.04. The third-order valence-corrected chi connectivity index (χ3v) is 7.77. The van der Waals surface area contributed by atoms with Crippen LogP contribution in [0.15, 0.2) is 42.5 Å². The zero-order chi connectivity index (χ0) is 24.7. The summed E-state index contributed by atoms with van der Waals surface area (Å²) in [6.45, 7) is 7.21. The molecule has 3 rings (SSSR count). The minimum Gasteiger partial charge on any atom is -0.490 e. The second-order valence-corrected chi connectivity index (χ2v) is 10.3. The molecule has 1 atom stereocenters. The van der Waals surface area contributed by atoms with Crippen LogP contribution in [0.5, 0.6) is 11.5 Å². The molecule has 1 fully saturated rings. The van der Waals surface area contributed by atoms with Crippen LogP contribution in [-0.4, -0.2) is 44.9 Å². The monoisotopic (exact) mass is 492 g/mol. The first-order valence-electron chi connectivity index (χ1n) is 11.7. The minimum atomic E-state index is -3.66. The van der Waals surface area contributed by atoms with Crippen molar-refractivity contribution in [3.8, 4) is 11.5 Å². The lowest BCUT2D eigenvalue weighted by Gasteiger charge is -2.31. The fourth-order valence-electron chi connectivity index (χ4n) is 4.05. The average Bonchev–Trinajstić information content (AvgIpc) is 2.82. The Hall–Kier alpha value is -2.65. The van der Waals surface area contributed by atoms with E-state index >= 15 is 0 Å². The minimum absolute atomic E-state index is 0.106. The van der Waals surface area contributed by atoms with Gasteiger partial charge >= 0.3 is 0 Å². The fourth-order valence-corrected chi connectivity index (χ4v) is 5.63. The van der Waals surface area contributed by atoms with Gasteiger partial charge in [0.1, 0.15) is 5.82 Å². The number of ether oxygens (including phenoxy) is 2. The maximum absolute atomic E-state index is 13.9. The topological polar surface area (TPSA) is 84.9 Å². The Morgan fingerprint density at radius 2 is 1.74 bits per heavy atom. The number of rotatable bonds is 10. The van der Waals surface area contributed by atoms with Gasteiger partial charge in [0.05, 0.1) is 25.0 Å². The number of carbonyl (C=O) groups excluding carboxylic acids is 1. The van der Waals surface area contributed by atoms with Gasteiger partial charge in [0.25, 0.3) is 0 Å². The summed E-state index contributed by atoms with van der Waals surface area (Å²) in [6, 6.07) is 11.2. The van der Waals surface area contributed by atoms with E-state index in [1.807, 2.05) is 39.0 Å². The SMILES string of the molecule is CCOc1ccc([C@H](C)NC(=O)C2CCN(S(=O)(=O)Cc3ccccc3F)CC2)cc1OCC. The summed E-state index contributed by atoms with van der Waals surface area (Å²) in [7, 11) is -3.66. The number of benzene rings is 2. The van der Waals surface area contributed by atoms with Crippen molar-refractivity contribution in [3.05, 3.63) is 59.4 Å². The highest BCUT2D eigenvalue weighted by Crippen LogP contribution is 2.31. The number of nitrogens with zero attached hydrogens (tertiary/aromatic N) is 1. The van der Waals surface area contributed by atoms with Gasteiger partial charge in [0, 0.05) is 24.6 Å². The molecule has 1 aliphatic rings. The molecule has 186 valence electrons. The molecule has 2 aromatic carbocycles. The molecule has 34 heavy (non-hydrogen) atoms. The smallest absolute Gasteiger partial charge is 0.223 e. The molecule has 0 spiro atoms. The molecule has 2 aromatic rings. The van der Waals surface area contributed by atoms with E-state index in [1.165, 1.54) is 22.5 Å². The van der Waals surface area contributed by atoms with Crippen LogP contribution in [0.25, 0.3) is 0 Å². The third-order valence-electron chi connectivity index (χ3n) is 5.94. The van der Waals surface area contributed by atoms with Crippen LogP contribution in [0, 0.1) is 11.7 Å². The second kappa shape index (κ2) is 11.7. The van der Waals surface area contributed by atoms with Crippen molar-refractivity contribution in [2.75, 3.05) is 26.3 Å². The molecule has 1 amide bonds. The quantitative estimate of drug-likeness (QED) is 0.541. The van der Waals surface area contributed by atoms with E-state index < -0.39 is 15.8 Å². The summed E-state index contributed by atoms with van der Waals surface area (Å²) in [5.74, 6) is -0.00190. The second-order valence-electron chi connectivity index (χ2n) is 8.32. The number of piperidine rings is 1. The predicted octanol–water partition coefficient (Wildman–Crippen LogP) is 4.04. The summed E-state index contributed by atoms with van der Waals surface area (Å²) in [5, 5.41) is 3.03. The lowest BCUT2D eigenvalue weighted by Crippen LogP contribution is -2.43. The van der Waals surface area contributed by atoms with E-state index in [1.54, 1.807) is 6.07 Å². The van der Waals surface area contributed by atoms with Crippen molar-refractivity contribution >= 4 is 15.9 Å². The van der Waals surface area contributed by atoms with Crippen LogP contribution in [0.3, 0.4) is 0 Å². The molecule has 0 unspecified atom stereocenters. The molecule has 9 heteroatoms. The van der Waals surface area contributed by atoms with Crippen LogP contribution < -0.4 is 14.8 Å². The summed E-state index contributed by atoms with van der Waals surface area (Å²) in [4.78, 5) is 12.9. The maximum Gasteiger partial charge on any atom is 0.223 e. The Morgan fingerprint density at radius 1 is 1.09 bits per heavy atom. The molecule has 0 saturated carbocycles. The van der Waals surface area contributed by atoms with Gasteiger partial charge in [-0.15, -0.1) is 0 Å². The molecule has 1 heterocycles. The zero-order valence-corrected chi connectivity index (χ0v) is 20.7. The molecule has 0 aliphatic carbocycles. The highest BCUT2D eigenvalue weighted by Gasteiger charge is 2.32. The molecular formula is C25H33FN2O5S. The number of sulfonamides is 1. The van der Waals surface area contributed by atoms with Gasteiger partial charge in [0.15, 0.2) is 11.5 Å². The lowest BCUT2D eigenvalue weighted by atomic mass is 9.96. The van der Waals surface area contributed by atoms with Crippen LogP contribution in [0.1, 0.15) is 50.8 Å². The Balaban J connectivity index is 1.57. The van der Waals surface area contributed by atoms with Crippen molar-refractivity contribution in [1.29, 1.82) is 0 Å². The fraction of sp³-hybridized carbons (Fsp3) is 0.480. The van der Waals surface area contributed by atoms with E-state index in [2.05, 4.69) is 5.32 Å². The number of amides is 1. The van der Waals surface area contributed by atoms with Gasteiger partial charge in [-0.05, 0) is 57.4 Å². The van der Waals surface area contributed by atoms with Crippen LogP contribution >= 0.6 is 0 Å². The first-order chi connectivity index (χ1) is 16.2. The van der Waals surface area contributed by atoms with Gasteiger partial charge in [-0.25, -0.2) is 17.1 Å². The van der Waals surface area contributed by atoms with Crippen LogP contribution in [0.4, 0.5) is 4.39 Å². The van der Waals surface area contributed by atoms with Crippen molar-refractivity contribution in [2.45, 2.75) is 45.4 Å². The maximum atomic E-state index is 13.9. The number of nitrogens with one attached hydrogen (secondary N) is 1. The third kappa shape index (κ3) is 6.48. The number of hydrogen-bond acceptors (Lipinski definition) is 5. The van der Waals surface area contributed by atoms with Crippen LogP contribution in [-0.2, 0) is 20.6 Å². The number of carbonyl (C=O) groups is 1. The largest absolute Gasteiger partial charge is 0.490 e. The van der Waals surface area contributed by atoms with Gasteiger partial charge in [-0.3, -0.25) is 4.79 Å². The van der Waals surface area contributed by atoms with E-state index in [4.69, 9.17) is 9.47 Å². The highest BCUT2D eigenvalue weighted by atomic mass is 32.2. The van der Waals surface area contributed by atoms with Gasteiger partial charge in [0.2, 0.25) is 15.9 Å². The van der Waals surface area contributed by atoms with Crippen molar-refractivity contribution in [1.82, 2.24) is 9.62 Å². The molecule has 1 saturated heterocycles. The first kappa shape index (κ1) is 26.0. The summed E-state index contributed by atoms with van der Waals surface area (Å²) < 4.78 is 52.0. The van der Waals surface area contributed by atoms with Crippen molar-refractivity contribution in [3.63, 3.8) is 0 Å². The Bertz CT molecular complexity index is 1080. The van der Waals surface area contributed by atoms with Crippen LogP contribution in [0.2, 0.25) is 0 Å². The Kier molecular flexibility index (Phi) is 8.90. The van der Waals surface area contributed by atoms with E-state index in [0.29, 0.717) is 37.6 Å². The Morgan fingerprint density at radius 3 is 2.38 bits per heavy atom. The molecule has 1 aliphatic heterocycles. The molecule has 1 N–H and O–H groups in total. The van der Waals surface area contributed by atoms with Gasteiger partial charge in [-0.2, -0.15) is 0 Å². The molecular weight excluding hydrogens is 459 g/mol. The molecule has 0 radical (unpaired) electrons. The van der Waals surface area contributed by atoms with Gasteiger partial charge in [-0.1, -0.05) is 24.3 Å². The standard InChI is InChI=1S/C25H33FN2O5S/c1-4-32-23-11-10-20(16-24(23)33-5-2)18(3)27-25(29)19-12-14-28(15-13-19)34(30,31)17-21-8-6-7-9-22(21)26/h6-11,16,18-19H,4-5,12-15,17H2,1-3H3,(H,27,29)/t18-/m0/s1. The average molecular weight is 493 g/mol. The number of halogens is 1. The van der Waals surface area contributed by atoms with E-state index in [0.717, 1.165) is 5.56 Å². The molecule has 0 aromatic heterocycles. The van der Waals surface area contributed by atoms with Crippen molar-refractivity contribution < 1.29 is 27.1 Å². The summed E-state index contributed by atoms with van der Waals surface area (Å²) >= 11 is 0. The predicted molar refractivity (Wildman–Crippen MR) is 129 cm³/mol. The lowest BCUT2D eigenvalue weighted by molar-refractivity contribution is -0.126. The zero-order valence-electron chi connectivity index (χ0n) is 19.9. The van der Waals surface area contributed by atoms with E-state index in [9.17, 15) is 17.6 Å². The number of hydrogen-bond donors (Lipinski definition) is 1. The summed E-state index contributed by atoms with van der Waals surface area (Å²) in [6.07, 6.45) is 0.838. The van der Waals surface area contributed by atoms with Crippen molar-refractivity contribution in [2.24, 2.45) is 5.92 Å². The van der Waals surface area contributed by atoms with Gasteiger partial charge < -0.3 is 14.8 Å². The highest BCUT2D eigenvalue weighted by molar-refractivity contribution is 7.88. The molecule has 0 bridgehead atoms. The van der Waals surface area contributed by atoms with E-state index in [-0.39, 0.29) is 42.3 Å². The first-order valence-corrected chi connectivity index (χ1v) is 13.3. The Labute approximate surface area is 201 Å².